The van der Waals surface area contributed by atoms with Crippen LogP contribution in [0.1, 0.15) is 13.8 Å². The summed E-state index contributed by atoms with van der Waals surface area (Å²) in [6.45, 7) is 8.11. The Morgan fingerprint density at radius 1 is 1.75 bits per heavy atom. The van der Waals surface area contributed by atoms with Crippen molar-refractivity contribution in [3.63, 3.8) is 0 Å². The third-order valence-corrected chi connectivity index (χ3v) is 1.10. The van der Waals surface area contributed by atoms with Crippen LogP contribution < -0.4 is 0 Å². The van der Waals surface area contributed by atoms with E-state index < -0.39 is 5.97 Å². The van der Waals surface area contributed by atoms with Crippen LogP contribution in [-0.4, -0.2) is 30.1 Å². The molecule has 0 saturated carbocycles. The molecule has 0 saturated heterocycles. The minimum Gasteiger partial charge on any atom is -0.479 e. The van der Waals surface area contributed by atoms with Crippen molar-refractivity contribution in [1.29, 1.82) is 0 Å². The van der Waals surface area contributed by atoms with Gasteiger partial charge in [0.05, 0.1) is 6.54 Å². The Bertz CT molecular complexity index is 196. The molecule has 0 spiro atoms. The number of hydrogen-bond donors (Lipinski definition) is 1. The number of aliphatic imine (C=N–C) groups is 1. The van der Waals surface area contributed by atoms with Crippen LogP contribution in [0.4, 0.5) is 0 Å². The largest absolute Gasteiger partial charge is 0.479 e. The lowest BCUT2D eigenvalue weighted by molar-refractivity contribution is -0.132. The maximum Gasteiger partial charge on any atom is 0.330 e. The highest BCUT2D eigenvalue weighted by molar-refractivity contribution is 5.84. The predicted molar refractivity (Wildman–Crippen MR) is 46.4 cm³/mol. The molecule has 12 heavy (non-hydrogen) atoms. The average molecular weight is 171 g/mol. The number of carboxylic acid groups (broad SMARTS) is 1. The number of hydrogen-bond acceptors (Lipinski definition) is 3. The van der Waals surface area contributed by atoms with Crippen molar-refractivity contribution < 1.29 is 14.6 Å². The molecule has 4 nitrogen and oxygen atoms in total. The van der Waals surface area contributed by atoms with Gasteiger partial charge in [-0.1, -0.05) is 6.58 Å². The summed E-state index contributed by atoms with van der Waals surface area (Å²) in [6.07, 6.45) is 0. The second kappa shape index (κ2) is 5.35. The molecule has 1 rings (SSSR count). The zero-order valence-electron chi connectivity index (χ0n) is 7.33. The van der Waals surface area contributed by atoms with Crippen LogP contribution in [-0.2, 0) is 9.53 Å². The maximum atomic E-state index is 9.60. The normalized spacial score (nSPS) is 13.7. The van der Waals surface area contributed by atoms with Gasteiger partial charge in [-0.3, -0.25) is 4.99 Å². The van der Waals surface area contributed by atoms with E-state index in [1.54, 1.807) is 0 Å². The third-order valence-electron chi connectivity index (χ3n) is 1.10. The zero-order valence-corrected chi connectivity index (χ0v) is 7.33. The van der Waals surface area contributed by atoms with E-state index >= 15 is 0 Å². The van der Waals surface area contributed by atoms with E-state index in [0.717, 1.165) is 19.0 Å². The fourth-order valence-corrected chi connectivity index (χ4v) is 0.442. The molecule has 0 bridgehead atoms. The molecule has 0 aromatic heterocycles. The number of carboxylic acids is 1. The molecule has 0 radical (unpaired) electrons. The van der Waals surface area contributed by atoms with Gasteiger partial charge in [0, 0.05) is 12.5 Å². The lowest BCUT2D eigenvalue weighted by Gasteiger charge is -1.86. The van der Waals surface area contributed by atoms with Crippen molar-refractivity contribution >= 4 is 11.9 Å². The first-order chi connectivity index (χ1) is 5.54. The smallest absolute Gasteiger partial charge is 0.330 e. The first-order valence-electron chi connectivity index (χ1n) is 3.56. The van der Waals surface area contributed by atoms with Crippen LogP contribution >= 0.6 is 0 Å². The van der Waals surface area contributed by atoms with E-state index in [2.05, 4.69) is 11.6 Å². The molecule has 1 aliphatic heterocycles. The van der Waals surface area contributed by atoms with Gasteiger partial charge in [-0.05, 0) is 6.92 Å². The van der Waals surface area contributed by atoms with Crippen LogP contribution in [0.15, 0.2) is 17.1 Å². The molecule has 4 heteroatoms. The molecule has 0 fully saturated rings. The second-order valence-electron chi connectivity index (χ2n) is 2.33. The van der Waals surface area contributed by atoms with Gasteiger partial charge in [0.2, 0.25) is 0 Å². The lowest BCUT2D eigenvalue weighted by Crippen LogP contribution is -1.92. The summed E-state index contributed by atoms with van der Waals surface area (Å²) in [7, 11) is 0. The fourth-order valence-electron chi connectivity index (χ4n) is 0.442. The van der Waals surface area contributed by atoms with Gasteiger partial charge >= 0.3 is 5.97 Å². The number of carbonyl (C=O) groups is 1. The number of rotatable bonds is 1. The summed E-state index contributed by atoms with van der Waals surface area (Å²) in [5.74, 6) is -0.106. The molecular weight excluding hydrogens is 158 g/mol. The van der Waals surface area contributed by atoms with Crippen molar-refractivity contribution in [2.45, 2.75) is 13.8 Å². The molecular formula is C8H13NO3. The predicted octanol–water partition coefficient (Wildman–Crippen LogP) is 1.08. The van der Waals surface area contributed by atoms with Crippen molar-refractivity contribution in [3.05, 3.63) is 12.2 Å². The molecule has 0 aromatic rings. The Labute approximate surface area is 71.6 Å². The lowest BCUT2D eigenvalue weighted by atomic mass is 10.4. The summed E-state index contributed by atoms with van der Waals surface area (Å²) in [4.78, 5) is 13.5. The monoisotopic (exact) mass is 171 g/mol. The van der Waals surface area contributed by atoms with E-state index in [-0.39, 0.29) is 5.57 Å². The quantitative estimate of drug-likeness (QED) is 0.600. The number of ether oxygens (including phenoxy) is 1. The molecule has 0 atom stereocenters. The molecule has 1 N–H and O–H groups in total. The van der Waals surface area contributed by atoms with Gasteiger partial charge in [-0.2, -0.15) is 0 Å². The second-order valence-corrected chi connectivity index (χ2v) is 2.33. The minimum absolute atomic E-state index is 0.176. The fraction of sp³-hybridized carbons (Fsp3) is 0.500. The summed E-state index contributed by atoms with van der Waals surface area (Å²) in [5.41, 5.74) is 0.176. The van der Waals surface area contributed by atoms with Crippen molar-refractivity contribution in [2.24, 2.45) is 4.99 Å². The van der Waals surface area contributed by atoms with E-state index in [0.29, 0.717) is 0 Å². The van der Waals surface area contributed by atoms with Crippen LogP contribution in [0.5, 0.6) is 0 Å². The van der Waals surface area contributed by atoms with Gasteiger partial charge in [-0.25, -0.2) is 4.79 Å². The van der Waals surface area contributed by atoms with Gasteiger partial charge < -0.3 is 9.84 Å². The molecule has 1 aliphatic rings. The Balaban J connectivity index is 0.000000202. The van der Waals surface area contributed by atoms with Crippen molar-refractivity contribution in [1.82, 2.24) is 0 Å². The van der Waals surface area contributed by atoms with Gasteiger partial charge in [0.25, 0.3) is 0 Å². The van der Waals surface area contributed by atoms with Crippen molar-refractivity contribution in [3.8, 4) is 0 Å². The molecule has 0 amide bonds. The molecule has 1 heterocycles. The average Bonchev–Trinajstić information content (AvgIpc) is 2.40. The van der Waals surface area contributed by atoms with Crippen LogP contribution in [0.25, 0.3) is 0 Å². The van der Waals surface area contributed by atoms with E-state index in [1.807, 2.05) is 6.92 Å². The van der Waals surface area contributed by atoms with E-state index in [9.17, 15) is 4.79 Å². The Morgan fingerprint density at radius 3 is 2.33 bits per heavy atom. The van der Waals surface area contributed by atoms with Crippen LogP contribution in [0.2, 0.25) is 0 Å². The molecule has 0 aromatic carbocycles. The van der Waals surface area contributed by atoms with E-state index in [4.69, 9.17) is 9.84 Å². The minimum atomic E-state index is -0.935. The van der Waals surface area contributed by atoms with Crippen LogP contribution in [0, 0.1) is 0 Å². The first-order valence-corrected chi connectivity index (χ1v) is 3.56. The first kappa shape index (κ1) is 10.7. The number of nitrogens with zero attached hydrogens (tertiary/aromatic N) is 1. The molecule has 68 valence electrons. The Kier molecular flexibility index (Phi) is 4.76. The highest BCUT2D eigenvalue weighted by Crippen LogP contribution is 1.89. The highest BCUT2D eigenvalue weighted by atomic mass is 16.5. The summed E-state index contributed by atoms with van der Waals surface area (Å²) in [5, 5.41) is 7.89. The molecule has 0 aliphatic carbocycles. The van der Waals surface area contributed by atoms with Gasteiger partial charge in [-0.15, -0.1) is 0 Å². The van der Waals surface area contributed by atoms with Gasteiger partial charge in [0.1, 0.15) is 6.61 Å². The SMILES string of the molecule is C=C(C)C(=O)O.CC1=NCCO1. The third kappa shape index (κ3) is 5.46. The summed E-state index contributed by atoms with van der Waals surface area (Å²) < 4.78 is 4.90. The Morgan fingerprint density at radius 2 is 2.25 bits per heavy atom. The zero-order chi connectivity index (χ0) is 9.56. The van der Waals surface area contributed by atoms with Crippen LogP contribution in [0.3, 0.4) is 0 Å². The van der Waals surface area contributed by atoms with Crippen molar-refractivity contribution in [2.75, 3.05) is 13.2 Å². The maximum absolute atomic E-state index is 9.60. The Hall–Kier alpha value is -1.32. The topological polar surface area (TPSA) is 58.9 Å². The highest BCUT2D eigenvalue weighted by Gasteiger charge is 1.96. The summed E-state index contributed by atoms with van der Waals surface area (Å²) >= 11 is 0. The summed E-state index contributed by atoms with van der Waals surface area (Å²) in [6, 6.07) is 0. The van der Waals surface area contributed by atoms with E-state index in [1.165, 1.54) is 6.92 Å². The number of aliphatic carboxylic acids is 1. The standard InChI is InChI=1S/C4H7NO.C4H6O2/c1-4-5-2-3-6-4;1-3(2)4(5)6/h2-3H2,1H3;1H2,2H3,(H,5,6). The van der Waals surface area contributed by atoms with Gasteiger partial charge in [0.15, 0.2) is 5.90 Å². The molecule has 0 unspecified atom stereocenters.